The van der Waals surface area contributed by atoms with E-state index in [-0.39, 0.29) is 18.4 Å². The average molecular weight is 368 g/mol. The molecule has 0 saturated heterocycles. The van der Waals surface area contributed by atoms with Crippen LogP contribution < -0.4 is 20.1 Å². The first-order chi connectivity index (χ1) is 13.2. The SMILES string of the molecule is CCOc1ccccc1OCC(=O)NCCNC(=O)/C=C/c1ccccc1. The molecule has 27 heavy (non-hydrogen) atoms. The summed E-state index contributed by atoms with van der Waals surface area (Å²) in [5.41, 5.74) is 0.949. The van der Waals surface area contributed by atoms with Crippen LogP contribution in [0.15, 0.2) is 60.7 Å². The van der Waals surface area contributed by atoms with Gasteiger partial charge in [-0.15, -0.1) is 0 Å². The van der Waals surface area contributed by atoms with E-state index >= 15 is 0 Å². The van der Waals surface area contributed by atoms with Crippen LogP contribution in [0.25, 0.3) is 6.08 Å². The predicted molar refractivity (Wildman–Crippen MR) is 105 cm³/mol. The Morgan fingerprint density at radius 3 is 2.22 bits per heavy atom. The Balaban J connectivity index is 1.63. The molecule has 0 spiro atoms. The maximum absolute atomic E-state index is 11.8. The Morgan fingerprint density at radius 2 is 1.52 bits per heavy atom. The predicted octanol–water partition coefficient (Wildman–Crippen LogP) is 2.41. The van der Waals surface area contributed by atoms with E-state index in [4.69, 9.17) is 9.47 Å². The molecule has 0 atom stereocenters. The van der Waals surface area contributed by atoms with Crippen molar-refractivity contribution in [3.8, 4) is 11.5 Å². The van der Waals surface area contributed by atoms with Crippen molar-refractivity contribution < 1.29 is 19.1 Å². The van der Waals surface area contributed by atoms with Gasteiger partial charge in [-0.3, -0.25) is 9.59 Å². The summed E-state index contributed by atoms with van der Waals surface area (Å²) in [6.07, 6.45) is 3.20. The molecule has 0 radical (unpaired) electrons. The normalized spacial score (nSPS) is 10.4. The first-order valence-electron chi connectivity index (χ1n) is 8.81. The van der Waals surface area contributed by atoms with Crippen LogP contribution in [-0.4, -0.2) is 38.1 Å². The van der Waals surface area contributed by atoms with Gasteiger partial charge in [0, 0.05) is 19.2 Å². The molecule has 0 aliphatic rings. The van der Waals surface area contributed by atoms with Crippen molar-refractivity contribution in [1.82, 2.24) is 10.6 Å². The molecule has 142 valence electrons. The van der Waals surface area contributed by atoms with E-state index in [1.54, 1.807) is 18.2 Å². The highest BCUT2D eigenvalue weighted by atomic mass is 16.5. The second-order valence-electron chi connectivity index (χ2n) is 5.55. The molecule has 2 aromatic carbocycles. The molecule has 2 aromatic rings. The van der Waals surface area contributed by atoms with Crippen molar-refractivity contribution in [3.05, 3.63) is 66.2 Å². The summed E-state index contributed by atoms with van der Waals surface area (Å²) in [6.45, 7) is 2.93. The Bertz CT molecular complexity index is 760. The zero-order valence-corrected chi connectivity index (χ0v) is 15.3. The third-order valence-electron chi connectivity index (χ3n) is 3.48. The Hall–Kier alpha value is -3.28. The molecule has 0 unspecified atom stereocenters. The molecule has 2 rings (SSSR count). The number of rotatable bonds is 10. The maximum atomic E-state index is 11.8. The van der Waals surface area contributed by atoms with Crippen molar-refractivity contribution in [1.29, 1.82) is 0 Å². The van der Waals surface area contributed by atoms with Crippen LogP contribution in [0.5, 0.6) is 11.5 Å². The molecule has 0 bridgehead atoms. The van der Waals surface area contributed by atoms with E-state index in [1.807, 2.05) is 49.4 Å². The smallest absolute Gasteiger partial charge is 0.258 e. The number of benzene rings is 2. The van der Waals surface area contributed by atoms with Crippen LogP contribution in [0.1, 0.15) is 12.5 Å². The summed E-state index contributed by atoms with van der Waals surface area (Å²) in [4.78, 5) is 23.6. The van der Waals surface area contributed by atoms with Crippen LogP contribution in [0, 0.1) is 0 Å². The van der Waals surface area contributed by atoms with Gasteiger partial charge >= 0.3 is 0 Å². The van der Waals surface area contributed by atoms with E-state index in [0.717, 1.165) is 5.56 Å². The van der Waals surface area contributed by atoms with E-state index < -0.39 is 0 Å². The molecule has 0 aliphatic heterocycles. The van der Waals surface area contributed by atoms with E-state index in [9.17, 15) is 9.59 Å². The third kappa shape index (κ3) is 7.64. The molecular formula is C21H24N2O4. The highest BCUT2D eigenvalue weighted by molar-refractivity contribution is 5.91. The first kappa shape index (κ1) is 20.0. The molecular weight excluding hydrogens is 344 g/mol. The quantitative estimate of drug-likeness (QED) is 0.499. The van der Waals surface area contributed by atoms with Crippen LogP contribution in [0.3, 0.4) is 0 Å². The van der Waals surface area contributed by atoms with Crippen LogP contribution >= 0.6 is 0 Å². The zero-order chi connectivity index (χ0) is 19.3. The molecule has 2 N–H and O–H groups in total. The minimum Gasteiger partial charge on any atom is -0.490 e. The van der Waals surface area contributed by atoms with Crippen molar-refractivity contribution in [2.75, 3.05) is 26.3 Å². The van der Waals surface area contributed by atoms with Gasteiger partial charge in [-0.05, 0) is 30.7 Å². The van der Waals surface area contributed by atoms with Crippen molar-refractivity contribution in [3.63, 3.8) is 0 Å². The minimum atomic E-state index is -0.268. The van der Waals surface area contributed by atoms with Gasteiger partial charge in [0.15, 0.2) is 18.1 Å². The van der Waals surface area contributed by atoms with Gasteiger partial charge in [0.2, 0.25) is 5.91 Å². The maximum Gasteiger partial charge on any atom is 0.258 e. The number of carbonyl (C=O) groups is 2. The molecule has 2 amide bonds. The first-order valence-corrected chi connectivity index (χ1v) is 8.81. The Labute approximate surface area is 159 Å². The summed E-state index contributed by atoms with van der Waals surface area (Å²) in [5.74, 6) is 0.643. The van der Waals surface area contributed by atoms with E-state index in [0.29, 0.717) is 31.2 Å². The number of nitrogens with one attached hydrogen (secondary N) is 2. The number of ether oxygens (including phenoxy) is 2. The minimum absolute atomic E-state index is 0.119. The highest BCUT2D eigenvalue weighted by Crippen LogP contribution is 2.26. The fourth-order valence-electron chi connectivity index (χ4n) is 2.22. The van der Waals surface area contributed by atoms with Crippen molar-refractivity contribution in [2.24, 2.45) is 0 Å². The third-order valence-corrected chi connectivity index (χ3v) is 3.48. The Morgan fingerprint density at radius 1 is 0.889 bits per heavy atom. The van der Waals surface area contributed by atoms with Crippen molar-refractivity contribution >= 4 is 17.9 Å². The van der Waals surface area contributed by atoms with Gasteiger partial charge < -0.3 is 20.1 Å². The monoisotopic (exact) mass is 368 g/mol. The second-order valence-corrected chi connectivity index (χ2v) is 5.55. The van der Waals surface area contributed by atoms with Gasteiger partial charge in [0.05, 0.1) is 6.61 Å². The van der Waals surface area contributed by atoms with Crippen LogP contribution in [0.4, 0.5) is 0 Å². The molecule has 0 heterocycles. The van der Waals surface area contributed by atoms with Crippen molar-refractivity contribution in [2.45, 2.75) is 6.92 Å². The summed E-state index contributed by atoms with van der Waals surface area (Å²) < 4.78 is 10.9. The summed E-state index contributed by atoms with van der Waals surface area (Å²) in [5, 5.41) is 5.40. The van der Waals surface area contributed by atoms with Crippen LogP contribution in [-0.2, 0) is 9.59 Å². The largest absolute Gasteiger partial charge is 0.490 e. The average Bonchev–Trinajstić information content (AvgIpc) is 2.70. The lowest BCUT2D eigenvalue weighted by molar-refractivity contribution is -0.123. The second kappa shape index (κ2) is 11.4. The Kier molecular flexibility index (Phi) is 8.43. The lowest BCUT2D eigenvalue weighted by Crippen LogP contribution is -2.36. The van der Waals surface area contributed by atoms with Gasteiger partial charge in [0.1, 0.15) is 0 Å². The number of hydrogen-bond acceptors (Lipinski definition) is 4. The molecule has 6 nitrogen and oxygen atoms in total. The van der Waals surface area contributed by atoms with Crippen LogP contribution in [0.2, 0.25) is 0 Å². The molecule has 0 saturated carbocycles. The molecule has 0 aromatic heterocycles. The summed E-state index contributed by atoms with van der Waals surface area (Å²) in [7, 11) is 0. The van der Waals surface area contributed by atoms with Gasteiger partial charge in [0.25, 0.3) is 5.91 Å². The van der Waals surface area contributed by atoms with Gasteiger partial charge in [-0.25, -0.2) is 0 Å². The lowest BCUT2D eigenvalue weighted by atomic mass is 10.2. The fraction of sp³-hybridized carbons (Fsp3) is 0.238. The lowest BCUT2D eigenvalue weighted by Gasteiger charge is -2.11. The number of hydrogen-bond donors (Lipinski definition) is 2. The number of para-hydroxylation sites is 2. The summed E-state index contributed by atoms with van der Waals surface area (Å²) >= 11 is 0. The molecule has 0 aliphatic carbocycles. The number of carbonyl (C=O) groups excluding carboxylic acids is 2. The highest BCUT2D eigenvalue weighted by Gasteiger charge is 2.07. The van der Waals surface area contributed by atoms with E-state index in [1.165, 1.54) is 6.08 Å². The summed E-state index contributed by atoms with van der Waals surface area (Å²) in [6, 6.07) is 16.7. The number of amides is 2. The fourth-order valence-corrected chi connectivity index (χ4v) is 2.22. The van der Waals surface area contributed by atoms with Gasteiger partial charge in [-0.1, -0.05) is 42.5 Å². The van der Waals surface area contributed by atoms with Gasteiger partial charge in [-0.2, -0.15) is 0 Å². The topological polar surface area (TPSA) is 76.7 Å². The standard InChI is InChI=1S/C21H24N2O4/c1-2-26-18-10-6-7-11-19(18)27-16-21(25)23-15-14-22-20(24)13-12-17-8-4-3-5-9-17/h3-13H,2,14-16H2,1H3,(H,22,24)(H,23,25)/b13-12+. The molecule has 0 fully saturated rings. The van der Waals surface area contributed by atoms with E-state index in [2.05, 4.69) is 10.6 Å². The zero-order valence-electron chi connectivity index (χ0n) is 15.3. The molecule has 6 heteroatoms.